The second kappa shape index (κ2) is 15.1. The smallest absolute Gasteiger partial charge is 0.289 e. The molecule has 1 aromatic heterocycles. The Bertz CT molecular complexity index is 1370. The van der Waals surface area contributed by atoms with Crippen molar-refractivity contribution in [2.24, 2.45) is 17.3 Å². The molecule has 0 aromatic carbocycles. The van der Waals surface area contributed by atoms with Crippen molar-refractivity contribution in [3.63, 3.8) is 0 Å². The summed E-state index contributed by atoms with van der Waals surface area (Å²) in [5, 5.41) is 11.5. The first kappa shape index (κ1) is 35.4. The van der Waals surface area contributed by atoms with Gasteiger partial charge in [-0.1, -0.05) is 52.9 Å². The lowest BCUT2D eigenvalue weighted by molar-refractivity contribution is -0.152. The summed E-state index contributed by atoms with van der Waals surface area (Å²) in [7, 11) is 1.58. The van der Waals surface area contributed by atoms with Gasteiger partial charge in [-0.2, -0.15) is 0 Å². The molecule has 48 heavy (non-hydrogen) atoms. The fourth-order valence-corrected chi connectivity index (χ4v) is 7.57. The minimum Gasteiger partial charge on any atom is -0.347 e. The molecule has 262 valence electrons. The first-order chi connectivity index (χ1) is 22.8. The Kier molecular flexibility index (Phi) is 11.1. The highest BCUT2D eigenvalue weighted by atomic mass is 16.2. The largest absolute Gasteiger partial charge is 0.347 e. The van der Waals surface area contributed by atoms with Gasteiger partial charge < -0.3 is 31.1 Å². The normalized spacial score (nSPS) is 23.8. The zero-order valence-corrected chi connectivity index (χ0v) is 28.5. The summed E-state index contributed by atoms with van der Waals surface area (Å²) in [6, 6.07) is -3.09. The van der Waals surface area contributed by atoms with Crippen LogP contribution < -0.4 is 21.3 Å². The zero-order chi connectivity index (χ0) is 34.6. The van der Waals surface area contributed by atoms with Gasteiger partial charge in [0, 0.05) is 38.1 Å². The van der Waals surface area contributed by atoms with Crippen LogP contribution in [0.1, 0.15) is 89.0 Å². The van der Waals surface area contributed by atoms with Gasteiger partial charge in [-0.15, -0.1) is 0 Å². The van der Waals surface area contributed by atoms with Crippen LogP contribution in [0.25, 0.3) is 0 Å². The molecule has 2 saturated heterocycles. The number of likely N-dealkylation sites (tertiary alicyclic amines) is 1. The van der Waals surface area contributed by atoms with Crippen molar-refractivity contribution in [3.8, 4) is 0 Å². The Morgan fingerprint density at radius 1 is 1.02 bits per heavy atom. The van der Waals surface area contributed by atoms with Crippen molar-refractivity contribution in [1.29, 1.82) is 0 Å². The van der Waals surface area contributed by atoms with Gasteiger partial charge in [-0.25, -0.2) is 4.98 Å². The first-order valence-corrected chi connectivity index (χ1v) is 17.3. The highest BCUT2D eigenvalue weighted by molar-refractivity contribution is 6.37. The van der Waals surface area contributed by atoms with Crippen LogP contribution in [-0.4, -0.2) is 112 Å². The summed E-state index contributed by atoms with van der Waals surface area (Å²) < 4.78 is 0. The van der Waals surface area contributed by atoms with Gasteiger partial charge in [-0.3, -0.25) is 33.8 Å². The minimum atomic E-state index is -0.965. The predicted octanol–water partition coefficient (Wildman–Crippen LogP) is 0.571. The van der Waals surface area contributed by atoms with E-state index in [1.54, 1.807) is 7.05 Å². The van der Waals surface area contributed by atoms with Crippen molar-refractivity contribution >= 4 is 35.3 Å². The molecule has 4 fully saturated rings. The summed E-state index contributed by atoms with van der Waals surface area (Å²) in [4.78, 5) is 91.5. The van der Waals surface area contributed by atoms with E-state index in [1.807, 2.05) is 20.8 Å². The van der Waals surface area contributed by atoms with E-state index in [4.69, 9.17) is 0 Å². The van der Waals surface area contributed by atoms with Crippen LogP contribution in [-0.2, 0) is 24.0 Å². The van der Waals surface area contributed by atoms with E-state index in [2.05, 4.69) is 31.2 Å². The van der Waals surface area contributed by atoms with E-state index < -0.39 is 59.5 Å². The fraction of sp³-hybridized carbons (Fsp3) is 0.706. The molecular weight excluding hydrogens is 616 g/mol. The van der Waals surface area contributed by atoms with Crippen LogP contribution in [0, 0.1) is 17.3 Å². The summed E-state index contributed by atoms with van der Waals surface area (Å²) in [6.45, 7) is 6.15. The molecule has 3 heterocycles. The third-order valence-electron chi connectivity index (χ3n) is 10.1. The Morgan fingerprint density at radius 2 is 1.75 bits per heavy atom. The van der Waals surface area contributed by atoms with Crippen LogP contribution in [0.2, 0.25) is 0 Å². The molecule has 2 saturated carbocycles. The number of Topliss-reactive ketones (excluding diaryl/α,β-unsaturated/α-hetero) is 1. The summed E-state index contributed by atoms with van der Waals surface area (Å²) in [5.41, 5.74) is -0.645. The lowest BCUT2D eigenvalue weighted by Crippen LogP contribution is -2.62. The van der Waals surface area contributed by atoms with Gasteiger partial charge in [0.25, 0.3) is 11.8 Å². The van der Waals surface area contributed by atoms with Gasteiger partial charge in [0.05, 0.1) is 12.7 Å². The maximum atomic E-state index is 14.6. The molecule has 0 bridgehead atoms. The third-order valence-corrected chi connectivity index (χ3v) is 10.1. The number of nitrogens with zero attached hydrogens (tertiary/aromatic N) is 4. The van der Waals surface area contributed by atoms with Crippen molar-refractivity contribution < 1.29 is 28.8 Å². The van der Waals surface area contributed by atoms with Gasteiger partial charge in [0.1, 0.15) is 23.8 Å². The Labute approximate surface area is 281 Å². The number of fused-ring (bicyclic) bond motifs is 1. The van der Waals surface area contributed by atoms with Crippen LogP contribution in [0.5, 0.6) is 0 Å². The Morgan fingerprint density at radius 3 is 2.40 bits per heavy atom. The van der Waals surface area contributed by atoms with Crippen molar-refractivity contribution in [2.75, 3.05) is 26.7 Å². The maximum absolute atomic E-state index is 14.6. The Balaban J connectivity index is 1.34. The molecule has 0 unspecified atom stereocenters. The first-order valence-electron chi connectivity index (χ1n) is 17.3. The van der Waals surface area contributed by atoms with Gasteiger partial charge in [0.2, 0.25) is 23.5 Å². The quantitative estimate of drug-likeness (QED) is 0.232. The van der Waals surface area contributed by atoms with E-state index in [9.17, 15) is 28.8 Å². The lowest BCUT2D eigenvalue weighted by Gasteiger charge is -2.42. The number of carbonyl (C=O) groups excluding carboxylic acids is 6. The SMILES string of the molecule is CN(C(=O)[C@H](CC1CCCCC1)NC(=O)c1cnccn1)[C@H](C(=O)N1C[C@@H]2CCN[C@@H]2[C@H]1C(=O)NCC(=O)C(=O)NC1CC1)C(C)(C)C. The van der Waals surface area contributed by atoms with Gasteiger partial charge in [-0.05, 0) is 49.5 Å². The summed E-state index contributed by atoms with van der Waals surface area (Å²) >= 11 is 0. The van der Waals surface area contributed by atoms with E-state index >= 15 is 0 Å². The van der Waals surface area contributed by atoms with E-state index in [-0.39, 0.29) is 35.5 Å². The van der Waals surface area contributed by atoms with Crippen LogP contribution in [0.3, 0.4) is 0 Å². The van der Waals surface area contributed by atoms with Crippen LogP contribution in [0.15, 0.2) is 18.6 Å². The average Bonchev–Trinajstić information content (AvgIpc) is 3.63. The zero-order valence-electron chi connectivity index (χ0n) is 28.5. The van der Waals surface area contributed by atoms with Crippen molar-refractivity contribution in [1.82, 2.24) is 41.0 Å². The molecule has 1 aromatic rings. The van der Waals surface area contributed by atoms with Gasteiger partial charge >= 0.3 is 0 Å². The number of carbonyl (C=O) groups is 6. The molecule has 2 aliphatic heterocycles. The highest BCUT2D eigenvalue weighted by Crippen LogP contribution is 2.35. The standard InChI is InChI=1S/C34H50N8O6/c1-34(2,3)28(41(4)32(47)23(16-20-8-6-5-7-9-20)40-29(44)24-17-35-14-15-36-24)33(48)42-19-21-12-13-37-26(21)27(42)31(46)38-18-25(43)30(45)39-22-10-11-22/h14-15,17,20-23,26-28,37H,5-13,16,18-19H2,1-4H3,(H,38,46)(H,39,45)(H,40,44)/t21-,23-,26-,27-,28+/m0/s1. The molecular formula is C34H50N8O6. The van der Waals surface area contributed by atoms with E-state index in [0.717, 1.165) is 51.4 Å². The molecule has 5 rings (SSSR count). The van der Waals surface area contributed by atoms with Crippen molar-refractivity contribution in [2.45, 2.75) is 109 Å². The number of likely N-dealkylation sites (N-methyl/N-ethyl adjacent to an activating group) is 1. The van der Waals surface area contributed by atoms with Gasteiger partial charge in [0.15, 0.2) is 0 Å². The molecule has 5 atom stereocenters. The number of hydrogen-bond donors (Lipinski definition) is 4. The van der Waals surface area contributed by atoms with E-state index in [1.165, 1.54) is 28.4 Å². The monoisotopic (exact) mass is 666 g/mol. The lowest BCUT2D eigenvalue weighted by atomic mass is 9.82. The number of hydrogen-bond acceptors (Lipinski definition) is 9. The van der Waals surface area contributed by atoms with Crippen molar-refractivity contribution in [3.05, 3.63) is 24.3 Å². The molecule has 0 spiro atoms. The molecule has 14 nitrogen and oxygen atoms in total. The molecule has 4 aliphatic rings. The molecule has 5 amide bonds. The number of aromatic nitrogens is 2. The predicted molar refractivity (Wildman–Crippen MR) is 175 cm³/mol. The Hall–Kier alpha value is -3.94. The minimum absolute atomic E-state index is 0.0140. The third kappa shape index (κ3) is 8.37. The summed E-state index contributed by atoms with van der Waals surface area (Å²) in [5.74, 6) is -3.01. The average molecular weight is 667 g/mol. The fourth-order valence-electron chi connectivity index (χ4n) is 7.57. The molecule has 14 heteroatoms. The highest BCUT2D eigenvalue weighted by Gasteiger charge is 2.53. The number of rotatable bonds is 12. The second-order valence-corrected chi connectivity index (χ2v) is 14.9. The molecule has 4 N–H and O–H groups in total. The molecule has 2 aliphatic carbocycles. The number of nitrogens with one attached hydrogen (secondary N) is 4. The van der Waals surface area contributed by atoms with Crippen LogP contribution >= 0.6 is 0 Å². The number of ketones is 1. The maximum Gasteiger partial charge on any atom is 0.289 e. The second-order valence-electron chi connectivity index (χ2n) is 14.9. The summed E-state index contributed by atoms with van der Waals surface area (Å²) in [6.07, 6.45) is 12.3. The van der Waals surface area contributed by atoms with E-state index in [0.29, 0.717) is 19.5 Å². The topological polar surface area (TPSA) is 183 Å². The number of amides is 5. The molecule has 0 radical (unpaired) electrons. The van der Waals surface area contributed by atoms with Crippen LogP contribution in [0.4, 0.5) is 0 Å².